The molecule has 1 aliphatic rings. The first kappa shape index (κ1) is 31.5. The Morgan fingerprint density at radius 3 is 2.21 bits per heavy atom. The number of amides is 2. The van der Waals surface area contributed by atoms with Crippen molar-refractivity contribution >= 4 is 29.5 Å². The van der Waals surface area contributed by atoms with Crippen LogP contribution in [0.1, 0.15) is 62.3 Å². The fourth-order valence-electron chi connectivity index (χ4n) is 3.58. The Labute approximate surface area is 206 Å². The minimum Gasteiger partial charge on any atom is -0.463 e. The van der Waals surface area contributed by atoms with Gasteiger partial charge in [0, 0.05) is 29.7 Å². The second kappa shape index (κ2) is 14.7. The standard InChI is InChI=1S/C21H37N3O4S.C4H10/c1-9-28-20(27)15(4)12-16(14(2)3)24(8)17(25)13-22-19(26)18-21(5,6)29-11-10-23(18)7;1-4(2)3/h12,14,16,18H,9-11,13H2,1-8H3,(H,22,26);4H,1-3H3/b15-12+;. The van der Waals surface area contributed by atoms with E-state index in [4.69, 9.17) is 4.74 Å². The van der Waals surface area contributed by atoms with Crippen molar-refractivity contribution in [2.45, 2.75) is 79.1 Å². The number of carbonyl (C=O) groups is 3. The molecule has 1 N–H and O–H groups in total. The first-order chi connectivity index (χ1) is 15.1. The van der Waals surface area contributed by atoms with Crippen LogP contribution in [0.4, 0.5) is 0 Å². The average Bonchev–Trinajstić information content (AvgIpc) is 2.68. The number of rotatable bonds is 8. The molecule has 8 heteroatoms. The van der Waals surface area contributed by atoms with Crippen LogP contribution in [0.2, 0.25) is 0 Å². The number of carbonyl (C=O) groups excluding carboxylic acids is 3. The maximum atomic E-state index is 12.8. The summed E-state index contributed by atoms with van der Waals surface area (Å²) in [5.41, 5.74) is 0.469. The van der Waals surface area contributed by atoms with Crippen LogP contribution in [-0.4, -0.2) is 84.0 Å². The summed E-state index contributed by atoms with van der Waals surface area (Å²) < 4.78 is 4.81. The molecule has 33 heavy (non-hydrogen) atoms. The predicted octanol–water partition coefficient (Wildman–Crippen LogP) is 3.58. The Morgan fingerprint density at radius 2 is 1.76 bits per heavy atom. The lowest BCUT2D eigenvalue weighted by atomic mass is 9.99. The van der Waals surface area contributed by atoms with E-state index >= 15 is 0 Å². The second-order valence-electron chi connectivity index (χ2n) is 10.1. The van der Waals surface area contributed by atoms with Gasteiger partial charge in [0.05, 0.1) is 19.2 Å². The average molecular weight is 486 g/mol. The van der Waals surface area contributed by atoms with Gasteiger partial charge in [0.2, 0.25) is 11.8 Å². The van der Waals surface area contributed by atoms with E-state index < -0.39 is 0 Å². The summed E-state index contributed by atoms with van der Waals surface area (Å²) in [6.07, 6.45) is 1.76. The van der Waals surface area contributed by atoms with E-state index in [1.807, 2.05) is 25.8 Å². The van der Waals surface area contributed by atoms with Crippen LogP contribution in [0, 0.1) is 11.8 Å². The van der Waals surface area contributed by atoms with Gasteiger partial charge in [-0.25, -0.2) is 4.79 Å². The van der Waals surface area contributed by atoms with Crippen molar-refractivity contribution in [1.29, 1.82) is 0 Å². The minimum absolute atomic E-state index is 0.0735. The van der Waals surface area contributed by atoms with Crippen molar-refractivity contribution in [3.8, 4) is 0 Å². The smallest absolute Gasteiger partial charge is 0.333 e. The Bertz CT molecular complexity index is 674. The van der Waals surface area contributed by atoms with Crippen molar-refractivity contribution < 1.29 is 19.1 Å². The van der Waals surface area contributed by atoms with Gasteiger partial charge in [-0.3, -0.25) is 14.5 Å². The molecule has 2 atom stereocenters. The van der Waals surface area contributed by atoms with Crippen LogP contribution in [0.15, 0.2) is 11.6 Å². The Morgan fingerprint density at radius 1 is 1.21 bits per heavy atom. The SMILES string of the molecule is CC(C)C.CCOC(=O)/C(C)=C/C(C(C)C)N(C)C(=O)CNC(=O)C1N(C)CCSC1(C)C. The number of ether oxygens (including phenoxy) is 1. The van der Waals surface area contributed by atoms with Crippen LogP contribution in [0.5, 0.6) is 0 Å². The topological polar surface area (TPSA) is 79.0 Å². The van der Waals surface area contributed by atoms with Crippen LogP contribution in [0.3, 0.4) is 0 Å². The van der Waals surface area contributed by atoms with Crippen LogP contribution < -0.4 is 5.32 Å². The van der Waals surface area contributed by atoms with E-state index in [1.54, 1.807) is 43.6 Å². The Hall–Kier alpha value is -1.54. The zero-order valence-electron chi connectivity index (χ0n) is 22.7. The summed E-state index contributed by atoms with van der Waals surface area (Å²) in [5, 5.41) is 2.81. The van der Waals surface area contributed by atoms with Gasteiger partial charge in [-0.1, -0.05) is 40.7 Å². The Kier molecular flexibility index (Phi) is 14.0. The zero-order valence-corrected chi connectivity index (χ0v) is 23.5. The van der Waals surface area contributed by atoms with Crippen molar-refractivity contribution in [1.82, 2.24) is 15.1 Å². The summed E-state index contributed by atoms with van der Waals surface area (Å²) in [5.74, 6) is 1.20. The number of nitrogens with one attached hydrogen (secondary N) is 1. The summed E-state index contributed by atoms with van der Waals surface area (Å²) in [4.78, 5) is 41.1. The third kappa shape index (κ3) is 11.0. The molecule has 2 unspecified atom stereocenters. The highest BCUT2D eigenvalue weighted by atomic mass is 32.2. The third-order valence-corrected chi connectivity index (χ3v) is 6.58. The van der Waals surface area contributed by atoms with Gasteiger partial charge in [-0.05, 0) is 46.6 Å². The van der Waals surface area contributed by atoms with Crippen molar-refractivity contribution in [3.05, 3.63) is 11.6 Å². The van der Waals surface area contributed by atoms with Crippen molar-refractivity contribution in [2.24, 2.45) is 11.8 Å². The molecular formula is C25H47N3O4S. The molecule has 1 aliphatic heterocycles. The van der Waals surface area contributed by atoms with E-state index in [9.17, 15) is 14.4 Å². The van der Waals surface area contributed by atoms with Crippen molar-refractivity contribution in [2.75, 3.05) is 39.5 Å². The van der Waals surface area contributed by atoms with Gasteiger partial charge >= 0.3 is 5.97 Å². The lowest BCUT2D eigenvalue weighted by Crippen LogP contribution is -2.59. The number of thioether (sulfide) groups is 1. The minimum atomic E-state index is -0.382. The van der Waals surface area contributed by atoms with Gasteiger partial charge in [0.15, 0.2) is 0 Å². The molecule has 1 saturated heterocycles. The molecule has 0 aromatic rings. The molecular weight excluding hydrogens is 438 g/mol. The van der Waals surface area contributed by atoms with E-state index in [0.29, 0.717) is 12.2 Å². The molecule has 0 aliphatic carbocycles. The summed E-state index contributed by atoms with van der Waals surface area (Å²) in [7, 11) is 3.64. The number of nitrogens with zero attached hydrogens (tertiary/aromatic N) is 2. The molecule has 192 valence electrons. The maximum Gasteiger partial charge on any atom is 0.333 e. The van der Waals surface area contributed by atoms with Crippen molar-refractivity contribution in [3.63, 3.8) is 0 Å². The normalized spacial score (nSPS) is 19.4. The molecule has 7 nitrogen and oxygen atoms in total. The molecule has 0 bridgehead atoms. The number of esters is 1. The van der Waals surface area contributed by atoms with Crippen LogP contribution in [-0.2, 0) is 19.1 Å². The number of hydrogen-bond donors (Lipinski definition) is 1. The predicted molar refractivity (Wildman–Crippen MR) is 138 cm³/mol. The molecule has 0 radical (unpaired) electrons. The molecule has 0 aromatic heterocycles. The summed E-state index contributed by atoms with van der Waals surface area (Å²) >= 11 is 1.77. The lowest BCUT2D eigenvalue weighted by Gasteiger charge is -2.43. The molecule has 1 heterocycles. The highest BCUT2D eigenvalue weighted by Crippen LogP contribution is 2.34. The van der Waals surface area contributed by atoms with E-state index in [0.717, 1.165) is 18.2 Å². The number of likely N-dealkylation sites (N-methyl/N-ethyl adjacent to an activating group) is 2. The van der Waals surface area contributed by atoms with Gasteiger partial charge in [0.25, 0.3) is 0 Å². The summed E-state index contributed by atoms with van der Waals surface area (Å²) in [6, 6.07) is -0.556. The molecule has 0 aromatic carbocycles. The molecule has 0 saturated carbocycles. The quantitative estimate of drug-likeness (QED) is 0.418. The van der Waals surface area contributed by atoms with Crippen LogP contribution >= 0.6 is 11.8 Å². The van der Waals surface area contributed by atoms with E-state index in [1.165, 1.54) is 0 Å². The molecule has 1 fully saturated rings. The van der Waals surface area contributed by atoms with E-state index in [2.05, 4.69) is 39.9 Å². The van der Waals surface area contributed by atoms with Crippen LogP contribution in [0.25, 0.3) is 0 Å². The van der Waals surface area contributed by atoms with Gasteiger partial charge in [-0.15, -0.1) is 0 Å². The molecule has 0 spiro atoms. The zero-order chi connectivity index (χ0) is 25.9. The van der Waals surface area contributed by atoms with Gasteiger partial charge < -0.3 is 15.0 Å². The van der Waals surface area contributed by atoms with Gasteiger partial charge in [-0.2, -0.15) is 11.8 Å². The lowest BCUT2D eigenvalue weighted by molar-refractivity contribution is -0.138. The Balaban J connectivity index is 0.00000235. The van der Waals surface area contributed by atoms with Gasteiger partial charge in [0.1, 0.15) is 6.04 Å². The first-order valence-electron chi connectivity index (χ1n) is 11.9. The molecule has 1 rings (SSSR count). The summed E-state index contributed by atoms with van der Waals surface area (Å²) in [6.45, 7) is 19.1. The second-order valence-corrected chi connectivity index (χ2v) is 11.8. The fourth-order valence-corrected chi connectivity index (χ4v) is 4.93. The highest BCUT2D eigenvalue weighted by Gasteiger charge is 2.41. The largest absolute Gasteiger partial charge is 0.463 e. The fraction of sp³-hybridized carbons (Fsp3) is 0.800. The third-order valence-electron chi connectivity index (χ3n) is 5.22. The number of hydrogen-bond acceptors (Lipinski definition) is 6. The van der Waals surface area contributed by atoms with E-state index in [-0.39, 0.29) is 47.1 Å². The molecule has 2 amide bonds. The highest BCUT2D eigenvalue weighted by molar-refractivity contribution is 8.00. The monoisotopic (exact) mass is 485 g/mol. The first-order valence-corrected chi connectivity index (χ1v) is 12.9. The maximum absolute atomic E-state index is 12.8.